The molecule has 0 spiro atoms. The van der Waals surface area contributed by atoms with Gasteiger partial charge in [0.15, 0.2) is 9.84 Å². The minimum atomic E-state index is -3.56. The predicted molar refractivity (Wildman–Crippen MR) is 82.1 cm³/mol. The van der Waals surface area contributed by atoms with Crippen molar-refractivity contribution in [2.75, 3.05) is 6.61 Å². The molecule has 1 aliphatic rings. The van der Waals surface area contributed by atoms with E-state index in [-0.39, 0.29) is 29.2 Å². The van der Waals surface area contributed by atoms with Crippen molar-refractivity contribution in [1.82, 2.24) is 0 Å². The Kier molecular flexibility index (Phi) is 3.97. The molecular formula is C16H14ClFO3S. The van der Waals surface area contributed by atoms with Crippen LogP contribution in [0.3, 0.4) is 0 Å². The van der Waals surface area contributed by atoms with E-state index in [1.54, 1.807) is 12.1 Å². The molecule has 0 bridgehead atoms. The molecule has 0 amide bonds. The number of rotatable bonds is 4. The average Bonchev–Trinajstić information content (AvgIpc) is 3.24. The lowest BCUT2D eigenvalue weighted by atomic mass is 10.1. The monoisotopic (exact) mass is 340 g/mol. The van der Waals surface area contributed by atoms with Gasteiger partial charge in [0.2, 0.25) is 0 Å². The van der Waals surface area contributed by atoms with E-state index in [4.69, 9.17) is 11.6 Å². The summed E-state index contributed by atoms with van der Waals surface area (Å²) >= 11 is 5.78. The van der Waals surface area contributed by atoms with Gasteiger partial charge in [-0.25, -0.2) is 12.8 Å². The molecular weight excluding hydrogens is 327 g/mol. The van der Waals surface area contributed by atoms with Gasteiger partial charge in [-0.15, -0.1) is 0 Å². The Hall–Kier alpha value is -1.43. The van der Waals surface area contributed by atoms with E-state index in [1.807, 2.05) is 0 Å². The molecule has 6 heteroatoms. The SMILES string of the molecule is O=S(=O)(c1ccc(Cl)cc1)[C@@H]1[C@H](CO)[C@H]1c1ccc(F)cc1. The lowest BCUT2D eigenvalue weighted by Gasteiger charge is -2.04. The molecule has 0 aromatic heterocycles. The number of benzene rings is 2. The normalized spacial score (nSPS) is 24.2. The second-order valence-corrected chi connectivity index (χ2v) is 7.93. The van der Waals surface area contributed by atoms with Crippen molar-refractivity contribution in [3.05, 3.63) is 64.9 Å². The quantitative estimate of drug-likeness (QED) is 0.930. The number of aliphatic hydroxyl groups is 1. The maximum absolute atomic E-state index is 13.0. The van der Waals surface area contributed by atoms with Crippen molar-refractivity contribution in [2.24, 2.45) is 5.92 Å². The van der Waals surface area contributed by atoms with Crippen molar-refractivity contribution in [3.63, 3.8) is 0 Å². The molecule has 0 saturated heterocycles. The molecule has 22 heavy (non-hydrogen) atoms. The molecule has 0 unspecified atom stereocenters. The van der Waals surface area contributed by atoms with Gasteiger partial charge in [0.25, 0.3) is 0 Å². The number of sulfone groups is 1. The lowest BCUT2D eigenvalue weighted by molar-refractivity contribution is 0.274. The fraction of sp³-hybridized carbons (Fsp3) is 0.250. The van der Waals surface area contributed by atoms with Crippen LogP contribution in [0, 0.1) is 11.7 Å². The second kappa shape index (κ2) is 5.65. The molecule has 1 fully saturated rings. The highest BCUT2D eigenvalue weighted by Crippen LogP contribution is 2.53. The molecule has 1 saturated carbocycles. The van der Waals surface area contributed by atoms with E-state index in [0.29, 0.717) is 5.02 Å². The summed E-state index contributed by atoms with van der Waals surface area (Å²) in [7, 11) is -3.56. The highest BCUT2D eigenvalue weighted by molar-refractivity contribution is 7.92. The summed E-state index contributed by atoms with van der Waals surface area (Å²) in [6.07, 6.45) is 0. The third-order valence-corrected chi connectivity index (χ3v) is 6.60. The zero-order valence-corrected chi connectivity index (χ0v) is 13.1. The summed E-state index contributed by atoms with van der Waals surface area (Å²) < 4.78 is 38.4. The van der Waals surface area contributed by atoms with Crippen LogP contribution in [-0.4, -0.2) is 25.4 Å². The summed E-state index contributed by atoms with van der Waals surface area (Å²) in [5, 5.41) is 9.23. The maximum atomic E-state index is 13.0. The van der Waals surface area contributed by atoms with E-state index in [0.717, 1.165) is 5.56 Å². The Balaban J connectivity index is 1.93. The van der Waals surface area contributed by atoms with E-state index in [2.05, 4.69) is 0 Å². The Morgan fingerprint density at radius 2 is 1.64 bits per heavy atom. The van der Waals surface area contributed by atoms with Gasteiger partial charge in [-0.05, 0) is 42.0 Å². The molecule has 116 valence electrons. The third kappa shape index (κ3) is 2.64. The first-order valence-corrected chi connectivity index (χ1v) is 8.73. The van der Waals surface area contributed by atoms with Crippen LogP contribution in [0.1, 0.15) is 11.5 Å². The van der Waals surface area contributed by atoms with Gasteiger partial charge in [-0.1, -0.05) is 23.7 Å². The summed E-state index contributed by atoms with van der Waals surface area (Å²) in [5.41, 5.74) is 0.725. The van der Waals surface area contributed by atoms with E-state index < -0.39 is 15.1 Å². The van der Waals surface area contributed by atoms with Gasteiger partial charge in [0.05, 0.1) is 10.1 Å². The van der Waals surface area contributed by atoms with Crippen LogP contribution in [-0.2, 0) is 9.84 Å². The first kappa shape index (κ1) is 15.5. The largest absolute Gasteiger partial charge is 0.396 e. The van der Waals surface area contributed by atoms with Gasteiger partial charge < -0.3 is 5.11 Å². The van der Waals surface area contributed by atoms with Crippen LogP contribution in [0.2, 0.25) is 5.02 Å². The summed E-state index contributed by atoms with van der Waals surface area (Å²) in [6.45, 7) is -0.223. The first-order chi connectivity index (χ1) is 10.4. The lowest BCUT2D eigenvalue weighted by Crippen LogP contribution is -2.11. The van der Waals surface area contributed by atoms with Crippen LogP contribution < -0.4 is 0 Å². The van der Waals surface area contributed by atoms with Crippen LogP contribution >= 0.6 is 11.6 Å². The van der Waals surface area contributed by atoms with E-state index in [1.165, 1.54) is 36.4 Å². The standard InChI is InChI=1S/C16H14ClFO3S/c17-11-3-7-13(8-4-11)22(20,21)16-14(9-19)15(16)10-1-5-12(18)6-2-10/h1-8,14-16,19H,9H2/t14-,15-,16-/m1/s1. The molecule has 3 nitrogen and oxygen atoms in total. The van der Waals surface area contributed by atoms with Gasteiger partial charge >= 0.3 is 0 Å². The minimum Gasteiger partial charge on any atom is -0.396 e. The molecule has 1 N–H and O–H groups in total. The van der Waals surface area contributed by atoms with Crippen molar-refractivity contribution >= 4 is 21.4 Å². The van der Waals surface area contributed by atoms with Gasteiger partial charge in [-0.2, -0.15) is 0 Å². The van der Waals surface area contributed by atoms with E-state index >= 15 is 0 Å². The van der Waals surface area contributed by atoms with Crippen molar-refractivity contribution in [3.8, 4) is 0 Å². The Labute approximate surface area is 133 Å². The van der Waals surface area contributed by atoms with Gasteiger partial charge in [0.1, 0.15) is 5.82 Å². The van der Waals surface area contributed by atoms with Crippen molar-refractivity contribution in [1.29, 1.82) is 0 Å². The van der Waals surface area contributed by atoms with Crippen LogP contribution in [0.15, 0.2) is 53.4 Å². The summed E-state index contributed by atoms with van der Waals surface area (Å²) in [6, 6.07) is 11.7. The zero-order chi connectivity index (χ0) is 15.9. The van der Waals surface area contributed by atoms with E-state index in [9.17, 15) is 17.9 Å². The highest BCUT2D eigenvalue weighted by atomic mass is 35.5. The molecule has 3 atom stereocenters. The fourth-order valence-corrected chi connectivity index (χ4v) is 5.21. The number of halogens is 2. The van der Waals surface area contributed by atoms with Gasteiger partial charge in [0, 0.05) is 23.5 Å². The Morgan fingerprint density at radius 1 is 1.05 bits per heavy atom. The van der Waals surface area contributed by atoms with Crippen LogP contribution in [0.4, 0.5) is 4.39 Å². The third-order valence-electron chi connectivity index (χ3n) is 4.06. The van der Waals surface area contributed by atoms with Crippen LogP contribution in [0.5, 0.6) is 0 Å². The fourth-order valence-electron chi connectivity index (χ4n) is 2.89. The molecule has 2 aromatic rings. The summed E-state index contributed by atoms with van der Waals surface area (Å²) in [4.78, 5) is 0.185. The van der Waals surface area contributed by atoms with Gasteiger partial charge in [-0.3, -0.25) is 0 Å². The molecule has 2 aromatic carbocycles. The number of hydrogen-bond acceptors (Lipinski definition) is 3. The average molecular weight is 341 g/mol. The van der Waals surface area contributed by atoms with Crippen LogP contribution in [0.25, 0.3) is 0 Å². The smallest absolute Gasteiger partial charge is 0.182 e. The van der Waals surface area contributed by atoms with Crippen molar-refractivity contribution in [2.45, 2.75) is 16.1 Å². The topological polar surface area (TPSA) is 54.4 Å². The highest BCUT2D eigenvalue weighted by Gasteiger charge is 2.58. The molecule has 3 rings (SSSR count). The maximum Gasteiger partial charge on any atom is 0.182 e. The molecule has 0 aliphatic heterocycles. The zero-order valence-electron chi connectivity index (χ0n) is 11.5. The Bertz CT molecular complexity index is 772. The predicted octanol–water partition coefficient (Wildman–Crippen LogP) is 3.03. The molecule has 0 heterocycles. The number of hydrogen-bond donors (Lipinski definition) is 1. The Morgan fingerprint density at radius 3 is 2.18 bits per heavy atom. The minimum absolute atomic E-state index is 0.185. The first-order valence-electron chi connectivity index (χ1n) is 6.81. The molecule has 0 radical (unpaired) electrons. The van der Waals surface area contributed by atoms with Crippen molar-refractivity contribution < 1.29 is 17.9 Å². The molecule has 1 aliphatic carbocycles. The number of aliphatic hydroxyl groups excluding tert-OH is 1. The summed E-state index contributed by atoms with van der Waals surface area (Å²) in [5.74, 6) is -1.06. The second-order valence-electron chi connectivity index (χ2n) is 5.39.